The molecule has 2 aliphatic heterocycles. The zero-order valence-corrected chi connectivity index (χ0v) is 19.6. The number of likely N-dealkylation sites (tertiary alicyclic amines) is 1. The second-order valence-corrected chi connectivity index (χ2v) is 9.44. The fraction of sp³-hybridized carbons (Fsp3) is 0.458. The molecule has 1 aromatic heterocycles. The third-order valence-corrected chi connectivity index (χ3v) is 6.76. The number of carbonyl (C=O) groups is 3. The summed E-state index contributed by atoms with van der Waals surface area (Å²) in [6.07, 6.45) is 4.44. The summed E-state index contributed by atoms with van der Waals surface area (Å²) in [5, 5.41) is 16.6. The highest BCUT2D eigenvalue weighted by molar-refractivity contribution is 6.01. The highest BCUT2D eigenvalue weighted by atomic mass is 16.5. The van der Waals surface area contributed by atoms with E-state index in [0.717, 1.165) is 12.8 Å². The van der Waals surface area contributed by atoms with Crippen molar-refractivity contribution < 1.29 is 24.2 Å². The van der Waals surface area contributed by atoms with Crippen LogP contribution in [0.3, 0.4) is 0 Å². The number of nitrogens with zero attached hydrogens (tertiary/aromatic N) is 3. The van der Waals surface area contributed by atoms with Gasteiger partial charge in [0.05, 0.1) is 31.1 Å². The Morgan fingerprint density at radius 3 is 2.63 bits per heavy atom. The molecule has 2 aromatic rings. The molecule has 1 aliphatic carbocycles. The number of urea groups is 1. The van der Waals surface area contributed by atoms with Crippen molar-refractivity contribution >= 4 is 29.2 Å². The molecule has 3 aliphatic rings. The molecule has 4 amide bonds. The number of β-amino-alcohol motifs (C(OH)–C–C–N with tert-alkyl or cyclic N) is 1. The predicted molar refractivity (Wildman–Crippen MR) is 129 cm³/mol. The van der Waals surface area contributed by atoms with E-state index in [0.29, 0.717) is 48.7 Å². The number of aliphatic hydroxyl groups is 1. The second kappa shape index (κ2) is 9.14. The summed E-state index contributed by atoms with van der Waals surface area (Å²) in [5.74, 6) is 0.743. The highest BCUT2D eigenvalue weighted by Gasteiger charge is 2.41. The van der Waals surface area contributed by atoms with E-state index in [2.05, 4.69) is 16.1 Å². The molecule has 2 fully saturated rings. The molecule has 3 heterocycles. The van der Waals surface area contributed by atoms with Crippen molar-refractivity contribution in [2.45, 2.75) is 31.3 Å². The summed E-state index contributed by atoms with van der Waals surface area (Å²) in [6.45, 7) is 1.42. The highest BCUT2D eigenvalue weighted by Crippen LogP contribution is 2.33. The van der Waals surface area contributed by atoms with Crippen LogP contribution in [-0.4, -0.2) is 76.4 Å². The number of benzene rings is 1. The Morgan fingerprint density at radius 1 is 1.17 bits per heavy atom. The monoisotopic (exact) mass is 482 g/mol. The fourth-order valence-corrected chi connectivity index (χ4v) is 4.59. The average molecular weight is 483 g/mol. The molecule has 11 nitrogen and oxygen atoms in total. The van der Waals surface area contributed by atoms with Crippen LogP contribution in [0.15, 0.2) is 36.5 Å². The lowest BCUT2D eigenvalue weighted by Crippen LogP contribution is -2.56. The van der Waals surface area contributed by atoms with E-state index < -0.39 is 11.6 Å². The first kappa shape index (κ1) is 23.0. The Bertz CT molecular complexity index is 1140. The molecule has 0 atom stereocenters. The van der Waals surface area contributed by atoms with Crippen LogP contribution >= 0.6 is 0 Å². The number of amides is 4. The molecule has 186 valence electrons. The van der Waals surface area contributed by atoms with Gasteiger partial charge in [0.15, 0.2) is 0 Å². The standard InChI is InChI=1S/C24H30N6O5/c1-35-19-4-2-3-17(11-19)26-23(33)27-18-12-20-22(32)29(15-25-30(20)13-18)14-24(34)7-9-28(10-8-24)21(31)16-5-6-16/h2-4,11-13,16,25,34H,5-10,14-15H2,1H3,(H2,26,27,33). The molecule has 0 spiro atoms. The summed E-state index contributed by atoms with van der Waals surface area (Å²) in [4.78, 5) is 41.2. The van der Waals surface area contributed by atoms with Crippen LogP contribution in [0.1, 0.15) is 36.2 Å². The number of nitrogens with one attached hydrogen (secondary N) is 3. The van der Waals surface area contributed by atoms with Gasteiger partial charge in [0.1, 0.15) is 18.1 Å². The molecule has 0 bridgehead atoms. The first-order valence-corrected chi connectivity index (χ1v) is 11.8. The zero-order chi connectivity index (χ0) is 24.6. The van der Waals surface area contributed by atoms with Crippen LogP contribution in [0.5, 0.6) is 5.75 Å². The summed E-state index contributed by atoms with van der Waals surface area (Å²) >= 11 is 0. The Kier molecular flexibility index (Phi) is 6.01. The second-order valence-electron chi connectivity index (χ2n) is 9.44. The number of methoxy groups -OCH3 is 1. The summed E-state index contributed by atoms with van der Waals surface area (Å²) in [5.41, 5.74) is 3.46. The van der Waals surface area contributed by atoms with Crippen LogP contribution in [-0.2, 0) is 4.79 Å². The largest absolute Gasteiger partial charge is 0.497 e. The maximum atomic E-state index is 13.1. The quantitative estimate of drug-likeness (QED) is 0.498. The van der Waals surface area contributed by atoms with Gasteiger partial charge in [-0.1, -0.05) is 6.07 Å². The Hall–Kier alpha value is -3.73. The smallest absolute Gasteiger partial charge is 0.323 e. The molecule has 0 radical (unpaired) electrons. The molecule has 11 heteroatoms. The maximum Gasteiger partial charge on any atom is 0.323 e. The van der Waals surface area contributed by atoms with E-state index in [1.54, 1.807) is 53.2 Å². The van der Waals surface area contributed by atoms with Gasteiger partial charge in [-0.2, -0.15) is 0 Å². The number of carbonyl (C=O) groups excluding carboxylic acids is 3. The normalized spacial score (nSPS) is 19.0. The van der Waals surface area contributed by atoms with Gasteiger partial charge in [0.25, 0.3) is 5.91 Å². The number of ether oxygens (including phenoxy) is 1. The van der Waals surface area contributed by atoms with Gasteiger partial charge in [0, 0.05) is 30.8 Å². The zero-order valence-electron chi connectivity index (χ0n) is 19.6. The van der Waals surface area contributed by atoms with E-state index in [-0.39, 0.29) is 30.9 Å². The van der Waals surface area contributed by atoms with Crippen molar-refractivity contribution in [3.05, 3.63) is 42.2 Å². The Labute approximate surface area is 203 Å². The van der Waals surface area contributed by atoms with Crippen LogP contribution in [0.25, 0.3) is 0 Å². The molecule has 0 unspecified atom stereocenters. The Morgan fingerprint density at radius 2 is 1.91 bits per heavy atom. The molecular weight excluding hydrogens is 452 g/mol. The van der Waals surface area contributed by atoms with Gasteiger partial charge >= 0.3 is 6.03 Å². The fourth-order valence-electron chi connectivity index (χ4n) is 4.59. The minimum atomic E-state index is -1.04. The number of anilines is 2. The lowest BCUT2D eigenvalue weighted by Gasteiger charge is -2.42. The van der Waals surface area contributed by atoms with E-state index in [4.69, 9.17) is 4.74 Å². The van der Waals surface area contributed by atoms with Crippen molar-refractivity contribution in [2.75, 3.05) is 49.5 Å². The summed E-state index contributed by atoms with van der Waals surface area (Å²) in [7, 11) is 1.55. The van der Waals surface area contributed by atoms with Crippen molar-refractivity contribution in [1.29, 1.82) is 0 Å². The van der Waals surface area contributed by atoms with Crippen molar-refractivity contribution in [3.63, 3.8) is 0 Å². The molecule has 1 saturated heterocycles. The van der Waals surface area contributed by atoms with Crippen molar-refractivity contribution in [2.24, 2.45) is 5.92 Å². The minimum Gasteiger partial charge on any atom is -0.497 e. The van der Waals surface area contributed by atoms with Gasteiger partial charge in [-0.05, 0) is 43.9 Å². The topological polar surface area (TPSA) is 128 Å². The number of aromatic nitrogens is 1. The molecule has 1 aromatic carbocycles. The molecule has 1 saturated carbocycles. The first-order valence-electron chi connectivity index (χ1n) is 11.8. The van der Waals surface area contributed by atoms with E-state index in [1.165, 1.54) is 0 Å². The van der Waals surface area contributed by atoms with Crippen molar-refractivity contribution in [3.8, 4) is 5.75 Å². The number of hydrogen-bond donors (Lipinski definition) is 4. The molecular formula is C24H30N6O5. The van der Waals surface area contributed by atoms with Crippen LogP contribution in [0.2, 0.25) is 0 Å². The average Bonchev–Trinajstić information content (AvgIpc) is 3.61. The third-order valence-electron chi connectivity index (χ3n) is 6.76. The lowest BCUT2D eigenvalue weighted by molar-refractivity contribution is -0.137. The van der Waals surface area contributed by atoms with Gasteiger partial charge in [-0.25, -0.2) is 4.79 Å². The van der Waals surface area contributed by atoms with E-state index >= 15 is 0 Å². The van der Waals surface area contributed by atoms with Crippen LogP contribution in [0, 0.1) is 5.92 Å². The maximum absolute atomic E-state index is 13.1. The number of rotatable bonds is 6. The lowest BCUT2D eigenvalue weighted by atomic mass is 9.90. The number of fused-ring (bicyclic) bond motifs is 1. The predicted octanol–water partition coefficient (Wildman–Crippen LogP) is 1.86. The minimum absolute atomic E-state index is 0.169. The molecule has 35 heavy (non-hydrogen) atoms. The summed E-state index contributed by atoms with van der Waals surface area (Å²) < 4.78 is 6.73. The Balaban J connectivity index is 1.17. The number of hydrogen-bond acceptors (Lipinski definition) is 6. The van der Waals surface area contributed by atoms with E-state index in [1.807, 2.05) is 4.90 Å². The molecule has 5 rings (SSSR count). The first-order chi connectivity index (χ1) is 16.8. The SMILES string of the molecule is COc1cccc(NC(=O)Nc2cc3n(c2)NCN(CC2(O)CCN(C(=O)C4CC4)CC2)C3=O)c1. The van der Waals surface area contributed by atoms with Crippen molar-refractivity contribution in [1.82, 2.24) is 14.5 Å². The van der Waals surface area contributed by atoms with Gasteiger partial charge < -0.3 is 35.7 Å². The number of piperidine rings is 1. The third kappa shape index (κ3) is 5.04. The van der Waals surface area contributed by atoms with E-state index in [9.17, 15) is 19.5 Å². The van der Waals surface area contributed by atoms with Crippen LogP contribution < -0.4 is 20.8 Å². The van der Waals surface area contributed by atoms with Crippen LogP contribution in [0.4, 0.5) is 16.2 Å². The van der Waals surface area contributed by atoms with Gasteiger partial charge in [0.2, 0.25) is 5.91 Å². The molecule has 4 N–H and O–H groups in total. The summed E-state index contributed by atoms with van der Waals surface area (Å²) in [6, 6.07) is 8.13. The van der Waals surface area contributed by atoms with Gasteiger partial charge in [-0.15, -0.1) is 0 Å². The van der Waals surface area contributed by atoms with Gasteiger partial charge in [-0.3, -0.25) is 14.3 Å².